The van der Waals surface area contributed by atoms with Crippen LogP contribution in [0.15, 0.2) is 170 Å². The van der Waals surface area contributed by atoms with Gasteiger partial charge in [-0.25, -0.2) is 0 Å². The maximum atomic E-state index is 6.21. The van der Waals surface area contributed by atoms with Gasteiger partial charge in [0.2, 0.25) is 0 Å². The molecule has 6 aromatic carbocycles. The molecule has 268 valence electrons. The fourth-order valence-electron chi connectivity index (χ4n) is 8.34. The van der Waals surface area contributed by atoms with Crippen molar-refractivity contribution >= 4 is 43.6 Å². The SMILES string of the molecule is c1ccc2c(C(c3ccc(OCCCOc4ccc(C(c5c[nH]c6ccccc56)c5c[nH]c6ccccc56)cc4)cc3)c3c[nH]c4ccccc34)c[nH]c2c1. The molecule has 55 heavy (non-hydrogen) atoms. The normalized spacial score (nSPS) is 11.8. The van der Waals surface area contributed by atoms with Gasteiger partial charge in [-0.05, 0) is 81.9 Å². The predicted octanol–water partition coefficient (Wildman–Crippen LogP) is 11.8. The fraction of sp³-hybridized carbons (Fsp3) is 0.102. The molecule has 0 aliphatic heterocycles. The Labute approximate surface area is 318 Å². The number of fused-ring (bicyclic) bond motifs is 4. The van der Waals surface area contributed by atoms with E-state index in [0.717, 1.165) is 40.0 Å². The molecule has 0 aliphatic carbocycles. The van der Waals surface area contributed by atoms with E-state index in [0.29, 0.717) is 13.2 Å². The van der Waals surface area contributed by atoms with Crippen molar-refractivity contribution in [3.63, 3.8) is 0 Å². The van der Waals surface area contributed by atoms with Crippen molar-refractivity contribution in [2.24, 2.45) is 0 Å². The van der Waals surface area contributed by atoms with Crippen LogP contribution in [0.5, 0.6) is 11.5 Å². The Balaban J connectivity index is 0.816. The summed E-state index contributed by atoms with van der Waals surface area (Å²) in [5.41, 5.74) is 12.0. The molecular formula is C49H40N4O2. The summed E-state index contributed by atoms with van der Waals surface area (Å²) in [5.74, 6) is 1.82. The van der Waals surface area contributed by atoms with Crippen molar-refractivity contribution < 1.29 is 9.47 Å². The topological polar surface area (TPSA) is 81.6 Å². The van der Waals surface area contributed by atoms with Gasteiger partial charge in [0, 0.05) is 86.7 Å². The molecule has 0 saturated carbocycles. The van der Waals surface area contributed by atoms with Crippen LogP contribution in [-0.4, -0.2) is 33.1 Å². The van der Waals surface area contributed by atoms with Crippen molar-refractivity contribution in [1.29, 1.82) is 0 Å². The molecule has 0 atom stereocenters. The smallest absolute Gasteiger partial charge is 0.119 e. The van der Waals surface area contributed by atoms with E-state index in [1.807, 2.05) is 0 Å². The van der Waals surface area contributed by atoms with E-state index in [1.165, 1.54) is 54.9 Å². The van der Waals surface area contributed by atoms with E-state index in [-0.39, 0.29) is 11.8 Å². The molecule has 0 amide bonds. The molecule has 4 aromatic heterocycles. The lowest BCUT2D eigenvalue weighted by molar-refractivity contribution is 0.247. The van der Waals surface area contributed by atoms with Gasteiger partial charge >= 0.3 is 0 Å². The Hall–Kier alpha value is -6.92. The minimum atomic E-state index is 0.0566. The molecule has 0 radical (unpaired) electrons. The van der Waals surface area contributed by atoms with Gasteiger partial charge in [-0.15, -0.1) is 0 Å². The molecule has 0 aliphatic rings. The molecule has 0 spiro atoms. The monoisotopic (exact) mass is 716 g/mol. The molecule has 4 heterocycles. The van der Waals surface area contributed by atoms with Crippen molar-refractivity contribution in [1.82, 2.24) is 19.9 Å². The van der Waals surface area contributed by atoms with Crippen LogP contribution in [0.4, 0.5) is 0 Å². The van der Waals surface area contributed by atoms with Gasteiger partial charge in [-0.2, -0.15) is 0 Å². The van der Waals surface area contributed by atoms with Crippen LogP contribution in [0.1, 0.15) is 51.6 Å². The zero-order chi connectivity index (χ0) is 36.6. The summed E-state index contributed by atoms with van der Waals surface area (Å²) >= 11 is 0. The zero-order valence-electron chi connectivity index (χ0n) is 30.3. The van der Waals surface area contributed by atoms with Crippen LogP contribution >= 0.6 is 0 Å². The van der Waals surface area contributed by atoms with Gasteiger partial charge < -0.3 is 29.4 Å². The van der Waals surface area contributed by atoms with Crippen LogP contribution in [0, 0.1) is 0 Å². The number of hydrogen-bond donors (Lipinski definition) is 4. The molecular weight excluding hydrogens is 677 g/mol. The number of H-pyrrole nitrogens is 4. The quantitative estimate of drug-likeness (QED) is 0.0950. The highest BCUT2D eigenvalue weighted by atomic mass is 16.5. The first-order valence-corrected chi connectivity index (χ1v) is 19.0. The summed E-state index contributed by atoms with van der Waals surface area (Å²) in [6.07, 6.45) is 9.38. The summed E-state index contributed by atoms with van der Waals surface area (Å²) in [6.45, 7) is 1.13. The molecule has 0 saturated heterocycles. The van der Waals surface area contributed by atoms with Gasteiger partial charge in [0.25, 0.3) is 0 Å². The Morgan fingerprint density at radius 2 is 0.636 bits per heavy atom. The van der Waals surface area contributed by atoms with Crippen molar-refractivity contribution in [3.05, 3.63) is 204 Å². The lowest BCUT2D eigenvalue weighted by atomic mass is 9.85. The van der Waals surface area contributed by atoms with Crippen LogP contribution in [0.25, 0.3) is 43.6 Å². The maximum Gasteiger partial charge on any atom is 0.119 e. The average molecular weight is 717 g/mol. The second-order valence-corrected chi connectivity index (χ2v) is 14.2. The highest BCUT2D eigenvalue weighted by Gasteiger charge is 2.25. The first kappa shape index (κ1) is 32.7. The minimum Gasteiger partial charge on any atom is -0.493 e. The lowest BCUT2D eigenvalue weighted by Crippen LogP contribution is -2.06. The summed E-state index contributed by atoms with van der Waals surface area (Å²) in [4.78, 5) is 14.0. The Bertz CT molecular complexity index is 2530. The number of aromatic nitrogens is 4. The fourth-order valence-corrected chi connectivity index (χ4v) is 8.34. The number of rotatable bonds is 12. The molecule has 6 heteroatoms. The summed E-state index contributed by atoms with van der Waals surface area (Å²) in [6, 6.07) is 51.2. The van der Waals surface area contributed by atoms with Gasteiger partial charge in [0.1, 0.15) is 11.5 Å². The molecule has 6 nitrogen and oxygen atoms in total. The number of para-hydroxylation sites is 4. The lowest BCUT2D eigenvalue weighted by Gasteiger charge is -2.18. The maximum absolute atomic E-state index is 6.21. The van der Waals surface area contributed by atoms with Crippen molar-refractivity contribution in [3.8, 4) is 11.5 Å². The Kier molecular flexibility index (Phi) is 8.41. The molecule has 4 N–H and O–H groups in total. The van der Waals surface area contributed by atoms with Gasteiger partial charge in [-0.1, -0.05) is 97.1 Å². The second kappa shape index (κ2) is 14.1. The standard InChI is InChI=1S/C49H40N4O2/c1-5-14-44-36(10-1)40(28-50-44)48(41-29-51-45-15-6-2-11-37(41)45)32-18-22-34(23-19-32)54-26-9-27-55-35-24-20-33(21-25-35)49(42-30-52-46-16-7-3-12-38(42)46)43-31-53-47-17-8-4-13-39(43)47/h1-8,10-25,28-31,48-53H,9,26-27H2. The van der Waals surface area contributed by atoms with Crippen LogP contribution in [0.2, 0.25) is 0 Å². The molecule has 0 bridgehead atoms. The Morgan fingerprint density at radius 3 is 0.945 bits per heavy atom. The third-order valence-electron chi connectivity index (χ3n) is 11.0. The predicted molar refractivity (Wildman–Crippen MR) is 224 cm³/mol. The first-order chi connectivity index (χ1) is 27.3. The second-order valence-electron chi connectivity index (χ2n) is 14.2. The third kappa shape index (κ3) is 6.12. The summed E-state index contributed by atoms with van der Waals surface area (Å²) in [7, 11) is 0. The van der Waals surface area contributed by atoms with E-state index in [9.17, 15) is 0 Å². The third-order valence-corrected chi connectivity index (χ3v) is 11.0. The van der Waals surface area contributed by atoms with Gasteiger partial charge in [0.05, 0.1) is 13.2 Å². The summed E-state index contributed by atoms with van der Waals surface area (Å²) in [5, 5.41) is 4.93. The number of ether oxygens (including phenoxy) is 2. The van der Waals surface area contributed by atoms with E-state index >= 15 is 0 Å². The average Bonchev–Trinajstić information content (AvgIpc) is 4.06. The number of benzene rings is 6. The van der Waals surface area contributed by atoms with Crippen molar-refractivity contribution in [2.45, 2.75) is 18.3 Å². The summed E-state index contributed by atoms with van der Waals surface area (Å²) < 4.78 is 12.4. The number of nitrogens with one attached hydrogen (secondary N) is 4. The minimum absolute atomic E-state index is 0.0566. The van der Waals surface area contributed by atoms with E-state index in [2.05, 4.69) is 190 Å². The zero-order valence-corrected chi connectivity index (χ0v) is 30.3. The number of aromatic amines is 4. The first-order valence-electron chi connectivity index (χ1n) is 19.0. The molecule has 0 fully saturated rings. The van der Waals surface area contributed by atoms with Crippen molar-refractivity contribution in [2.75, 3.05) is 13.2 Å². The Morgan fingerprint density at radius 1 is 0.345 bits per heavy atom. The molecule has 10 rings (SSSR count). The molecule has 0 unspecified atom stereocenters. The van der Waals surface area contributed by atoms with Crippen LogP contribution < -0.4 is 9.47 Å². The van der Waals surface area contributed by atoms with Crippen LogP contribution in [-0.2, 0) is 0 Å². The number of hydrogen-bond acceptors (Lipinski definition) is 2. The van der Waals surface area contributed by atoms with Gasteiger partial charge in [0.15, 0.2) is 0 Å². The van der Waals surface area contributed by atoms with Gasteiger partial charge in [-0.3, -0.25) is 0 Å². The highest BCUT2D eigenvalue weighted by molar-refractivity contribution is 5.90. The van der Waals surface area contributed by atoms with E-state index < -0.39 is 0 Å². The molecule has 10 aromatic rings. The van der Waals surface area contributed by atoms with E-state index in [1.54, 1.807) is 0 Å². The van der Waals surface area contributed by atoms with E-state index in [4.69, 9.17) is 9.47 Å². The highest BCUT2D eigenvalue weighted by Crippen LogP contribution is 2.41. The largest absolute Gasteiger partial charge is 0.493 e. The van der Waals surface area contributed by atoms with Crippen LogP contribution in [0.3, 0.4) is 0 Å².